The molecule has 1 atom stereocenters. The molecule has 1 heterocycles. The molecule has 46 heavy (non-hydrogen) atoms. The van der Waals surface area contributed by atoms with Crippen LogP contribution < -0.4 is 0 Å². The summed E-state index contributed by atoms with van der Waals surface area (Å²) in [5.41, 5.74) is -0.559. The van der Waals surface area contributed by atoms with Gasteiger partial charge in [-0.3, -0.25) is 14.4 Å². The van der Waals surface area contributed by atoms with Gasteiger partial charge in [0.05, 0.1) is 0 Å². The van der Waals surface area contributed by atoms with Crippen LogP contribution in [-0.2, 0) is 32.2 Å². The number of hydrogen-bond acceptors (Lipinski definition) is 5. The van der Waals surface area contributed by atoms with Crippen molar-refractivity contribution in [2.24, 2.45) is 5.92 Å². The van der Waals surface area contributed by atoms with Gasteiger partial charge in [0.1, 0.15) is 6.61 Å². The Morgan fingerprint density at radius 1 is 0.696 bits per heavy atom. The van der Waals surface area contributed by atoms with Gasteiger partial charge in [-0.2, -0.15) is 74.6 Å². The zero-order valence-corrected chi connectivity index (χ0v) is 22.1. The molecular weight excluding hydrogens is 693 g/mol. The lowest BCUT2D eigenvalue weighted by molar-refractivity contribution is -0.461. The van der Waals surface area contributed by atoms with E-state index in [4.69, 9.17) is 0 Å². The van der Waals surface area contributed by atoms with Crippen molar-refractivity contribution in [1.29, 1.82) is 0 Å². The van der Waals surface area contributed by atoms with E-state index in [2.05, 4.69) is 9.57 Å². The van der Waals surface area contributed by atoms with Gasteiger partial charge in [-0.1, -0.05) is 36.3 Å². The molecule has 0 bridgehead atoms. The number of benzene rings is 1. The first-order valence-electron chi connectivity index (χ1n) is 11.9. The van der Waals surface area contributed by atoms with Gasteiger partial charge in [-0.05, 0) is 17.5 Å². The predicted molar refractivity (Wildman–Crippen MR) is 112 cm³/mol. The number of carbonyl (C=O) groups excluding carboxylic acids is 3. The van der Waals surface area contributed by atoms with Gasteiger partial charge in [0.15, 0.2) is 0 Å². The Morgan fingerprint density at radius 2 is 1.11 bits per heavy atom. The lowest BCUT2D eigenvalue weighted by atomic mass is 9.87. The zero-order valence-electron chi connectivity index (χ0n) is 22.1. The molecule has 2 amide bonds. The molecule has 6 nitrogen and oxygen atoms in total. The third-order valence-corrected chi connectivity index (χ3v) is 6.39. The maximum atomic E-state index is 14.1. The molecule has 2 rings (SSSR count). The van der Waals surface area contributed by atoms with Crippen LogP contribution in [0.3, 0.4) is 0 Å². The van der Waals surface area contributed by atoms with Crippen LogP contribution in [0, 0.1) is 5.92 Å². The summed E-state index contributed by atoms with van der Waals surface area (Å²) in [6, 6.07) is 3.32. The molecule has 1 aromatic carbocycles. The van der Waals surface area contributed by atoms with Gasteiger partial charge in [-0.25, -0.2) is 4.79 Å². The van der Waals surface area contributed by atoms with Crippen molar-refractivity contribution in [3.05, 3.63) is 35.4 Å². The summed E-state index contributed by atoms with van der Waals surface area (Å²) in [6.45, 7) is 0.632. The number of imide groups is 1. The number of amides is 2. The number of hydrogen-bond donors (Lipinski definition) is 0. The van der Waals surface area contributed by atoms with Crippen LogP contribution >= 0.6 is 0 Å². The Morgan fingerprint density at radius 3 is 1.52 bits per heavy atom. The summed E-state index contributed by atoms with van der Waals surface area (Å²) in [5, 5.41) is 0.121. The summed E-state index contributed by atoms with van der Waals surface area (Å²) in [7, 11) is 0. The first-order chi connectivity index (χ1) is 20.4. The molecule has 1 aliphatic heterocycles. The molecule has 262 valence electrons. The molecule has 0 spiro atoms. The highest BCUT2D eigenvalue weighted by Gasteiger charge is 2.95. The zero-order chi connectivity index (χ0) is 36.1. The van der Waals surface area contributed by atoms with Gasteiger partial charge in [0.2, 0.25) is 0 Å². The molecule has 0 radical (unpaired) electrons. The fourth-order valence-electron chi connectivity index (χ4n) is 3.55. The third kappa shape index (κ3) is 6.24. The van der Waals surface area contributed by atoms with Gasteiger partial charge in [0.25, 0.3) is 11.8 Å². The highest BCUT2D eigenvalue weighted by Crippen LogP contribution is 2.64. The molecule has 1 aromatic rings. The van der Waals surface area contributed by atoms with Crippen molar-refractivity contribution in [2.45, 2.75) is 80.4 Å². The second kappa shape index (κ2) is 11.9. The third-order valence-electron chi connectivity index (χ3n) is 6.39. The highest BCUT2D eigenvalue weighted by atomic mass is 19.4. The molecule has 1 saturated heterocycles. The summed E-state index contributed by atoms with van der Waals surface area (Å²) >= 11 is 0. The average molecular weight is 709 g/mol. The maximum absolute atomic E-state index is 14.1. The molecule has 0 N–H and O–H groups in total. The minimum Gasteiger partial charge on any atom is -0.428 e. The number of carbonyl (C=O) groups is 3. The number of halogens is 17. The molecular formula is C23H16F17NO5. The smallest absolute Gasteiger partial charge is 0.428 e. The lowest BCUT2D eigenvalue weighted by Gasteiger charge is -2.42. The Kier molecular flexibility index (Phi) is 10.00. The molecule has 23 heteroatoms. The Hall–Kier alpha value is -3.56. The first kappa shape index (κ1) is 38.6. The standard InChI is InChI=1S/C23H16F17NO5/c1-10-8-13(42)41(14(10)43)46-15(44)45-9-12-4-2-11(3-5-12)6-7-16(24,25)17(26,27)18(28,29)19(30,31)20(32,33)21(34,35)22(36,37)23(38,39)40/h2-5,10H,6-9H2,1H3. The SMILES string of the molecule is CC1CC(=O)N(OC(=O)OCc2ccc(CCC(F)(F)C(F)(F)C(F)(F)C(F)(F)C(F)(F)C(F)(F)C(F)(F)C(F)(F)F)cc2)C1=O. The van der Waals surface area contributed by atoms with Crippen molar-refractivity contribution in [1.82, 2.24) is 5.06 Å². The van der Waals surface area contributed by atoms with E-state index in [0.29, 0.717) is 0 Å². The average Bonchev–Trinajstić information content (AvgIpc) is 3.15. The molecule has 0 aromatic heterocycles. The van der Waals surface area contributed by atoms with Crippen molar-refractivity contribution in [3.8, 4) is 0 Å². The van der Waals surface area contributed by atoms with Crippen molar-refractivity contribution >= 4 is 18.0 Å². The summed E-state index contributed by atoms with van der Waals surface area (Å²) in [5.74, 6) is -59.3. The quantitative estimate of drug-likeness (QED) is 0.127. The van der Waals surface area contributed by atoms with Crippen LogP contribution in [0.15, 0.2) is 24.3 Å². The fourth-order valence-corrected chi connectivity index (χ4v) is 3.55. The summed E-state index contributed by atoms with van der Waals surface area (Å²) < 4.78 is 232. The summed E-state index contributed by atoms with van der Waals surface area (Å²) in [4.78, 5) is 39.3. The van der Waals surface area contributed by atoms with Gasteiger partial charge in [0, 0.05) is 18.8 Å². The molecule has 1 aliphatic rings. The monoisotopic (exact) mass is 709 g/mol. The van der Waals surface area contributed by atoms with Crippen molar-refractivity contribution in [3.63, 3.8) is 0 Å². The highest BCUT2D eigenvalue weighted by molar-refractivity contribution is 6.02. The molecule has 0 aliphatic carbocycles. The second-order valence-corrected chi connectivity index (χ2v) is 9.73. The Labute approximate surface area is 244 Å². The normalized spacial score (nSPS) is 17.9. The van der Waals surface area contributed by atoms with Gasteiger partial charge >= 0.3 is 53.8 Å². The van der Waals surface area contributed by atoms with E-state index in [1.54, 1.807) is 0 Å². The number of ether oxygens (including phenoxy) is 1. The van der Waals surface area contributed by atoms with Crippen LogP contribution in [0.2, 0.25) is 0 Å². The van der Waals surface area contributed by atoms with Crippen LogP contribution in [-0.4, -0.2) is 70.7 Å². The summed E-state index contributed by atoms with van der Waals surface area (Å²) in [6.07, 6.45) is -13.8. The van der Waals surface area contributed by atoms with Gasteiger partial charge in [-0.15, -0.1) is 0 Å². The van der Waals surface area contributed by atoms with Crippen LogP contribution in [0.1, 0.15) is 30.9 Å². The van der Waals surface area contributed by atoms with Crippen molar-refractivity contribution < 1.29 is 98.6 Å². The topological polar surface area (TPSA) is 72.9 Å². The van der Waals surface area contributed by atoms with E-state index in [0.717, 1.165) is 24.3 Å². The molecule has 1 unspecified atom stereocenters. The lowest BCUT2D eigenvalue weighted by Crippen LogP contribution is -2.74. The van der Waals surface area contributed by atoms with E-state index >= 15 is 0 Å². The van der Waals surface area contributed by atoms with Crippen LogP contribution in [0.4, 0.5) is 79.4 Å². The van der Waals surface area contributed by atoms with E-state index < -0.39 is 96.5 Å². The number of alkyl halides is 17. The van der Waals surface area contributed by atoms with Crippen molar-refractivity contribution in [2.75, 3.05) is 0 Å². The van der Waals surface area contributed by atoms with Crippen LogP contribution in [0.5, 0.6) is 0 Å². The number of nitrogens with zero attached hydrogens (tertiary/aromatic N) is 1. The number of hydroxylamine groups is 2. The Balaban J connectivity index is 2.16. The number of rotatable bonds is 12. The van der Waals surface area contributed by atoms with E-state index in [1.165, 1.54) is 6.92 Å². The first-order valence-corrected chi connectivity index (χ1v) is 11.9. The molecule has 1 fully saturated rings. The van der Waals surface area contributed by atoms with Gasteiger partial charge < -0.3 is 4.74 Å². The largest absolute Gasteiger partial charge is 0.534 e. The predicted octanol–water partition coefficient (Wildman–Crippen LogP) is 7.59. The van der Waals surface area contributed by atoms with E-state index in [-0.39, 0.29) is 17.0 Å². The van der Waals surface area contributed by atoms with E-state index in [1.807, 2.05) is 0 Å². The fraction of sp³-hybridized carbons (Fsp3) is 0.609. The Bertz CT molecular complexity index is 1310. The number of aryl methyl sites for hydroxylation is 1. The minimum atomic E-state index is -8.69. The minimum absolute atomic E-state index is 0.0461. The van der Waals surface area contributed by atoms with Crippen LogP contribution in [0.25, 0.3) is 0 Å². The second-order valence-electron chi connectivity index (χ2n) is 9.73. The maximum Gasteiger partial charge on any atom is 0.534 e. The molecule has 0 saturated carbocycles. The van der Waals surface area contributed by atoms with E-state index in [9.17, 15) is 89.0 Å².